The summed E-state index contributed by atoms with van der Waals surface area (Å²) in [6.45, 7) is 3.25. The SMILES string of the molecule is CCOCc1ccc(Nc2ncnc3c2cnn3CC(=O)OC)cc1. The number of carbonyl (C=O) groups excluding carboxylic acids is 1. The van der Waals surface area contributed by atoms with E-state index in [0.717, 1.165) is 16.6 Å². The third-order valence-corrected chi connectivity index (χ3v) is 3.63. The van der Waals surface area contributed by atoms with Crippen molar-refractivity contribution in [3.05, 3.63) is 42.4 Å². The van der Waals surface area contributed by atoms with Crippen LogP contribution in [-0.4, -0.2) is 39.4 Å². The summed E-state index contributed by atoms with van der Waals surface area (Å²) in [4.78, 5) is 19.9. The Labute approximate surface area is 144 Å². The van der Waals surface area contributed by atoms with E-state index < -0.39 is 0 Å². The van der Waals surface area contributed by atoms with E-state index in [1.165, 1.54) is 18.1 Å². The summed E-state index contributed by atoms with van der Waals surface area (Å²) in [5.74, 6) is 0.238. The van der Waals surface area contributed by atoms with Crippen molar-refractivity contribution in [1.82, 2.24) is 19.7 Å². The number of fused-ring (bicyclic) bond motifs is 1. The van der Waals surface area contributed by atoms with Gasteiger partial charge in [-0.1, -0.05) is 12.1 Å². The zero-order chi connectivity index (χ0) is 17.6. The number of esters is 1. The van der Waals surface area contributed by atoms with Crippen LogP contribution in [0.5, 0.6) is 0 Å². The van der Waals surface area contributed by atoms with Gasteiger partial charge in [0.1, 0.15) is 18.7 Å². The molecule has 2 aromatic heterocycles. The molecule has 0 aliphatic rings. The Morgan fingerprint density at radius 2 is 2.04 bits per heavy atom. The summed E-state index contributed by atoms with van der Waals surface area (Å²) in [7, 11) is 1.34. The molecule has 8 heteroatoms. The largest absolute Gasteiger partial charge is 0.468 e. The summed E-state index contributed by atoms with van der Waals surface area (Å²) in [6.07, 6.45) is 3.06. The number of aromatic nitrogens is 4. The van der Waals surface area contributed by atoms with Crippen LogP contribution in [0, 0.1) is 0 Å². The first-order valence-corrected chi connectivity index (χ1v) is 7.88. The average molecular weight is 341 g/mol. The van der Waals surface area contributed by atoms with E-state index in [9.17, 15) is 4.79 Å². The van der Waals surface area contributed by atoms with Crippen molar-refractivity contribution in [2.45, 2.75) is 20.1 Å². The number of anilines is 2. The molecule has 25 heavy (non-hydrogen) atoms. The van der Waals surface area contributed by atoms with Crippen molar-refractivity contribution >= 4 is 28.5 Å². The van der Waals surface area contributed by atoms with E-state index in [0.29, 0.717) is 24.7 Å². The minimum Gasteiger partial charge on any atom is -0.468 e. The van der Waals surface area contributed by atoms with Gasteiger partial charge in [0, 0.05) is 12.3 Å². The fourth-order valence-corrected chi connectivity index (χ4v) is 2.34. The lowest BCUT2D eigenvalue weighted by Gasteiger charge is -2.08. The van der Waals surface area contributed by atoms with Crippen LogP contribution in [0.3, 0.4) is 0 Å². The van der Waals surface area contributed by atoms with Crippen molar-refractivity contribution < 1.29 is 14.3 Å². The predicted octanol–water partition coefficient (Wildman–Crippen LogP) is 2.28. The molecule has 0 bridgehead atoms. The number of hydrogen-bond acceptors (Lipinski definition) is 7. The van der Waals surface area contributed by atoms with Gasteiger partial charge in [-0.15, -0.1) is 0 Å². The minimum absolute atomic E-state index is 0.00256. The maximum Gasteiger partial charge on any atom is 0.327 e. The highest BCUT2D eigenvalue weighted by Gasteiger charge is 2.12. The summed E-state index contributed by atoms with van der Waals surface area (Å²) in [5.41, 5.74) is 2.56. The molecule has 2 heterocycles. The van der Waals surface area contributed by atoms with Crippen LogP contribution in [0.25, 0.3) is 11.0 Å². The molecule has 0 aliphatic carbocycles. The Kier molecular flexibility index (Phi) is 5.20. The molecule has 1 N–H and O–H groups in total. The molecule has 0 fully saturated rings. The highest BCUT2D eigenvalue weighted by Crippen LogP contribution is 2.23. The molecule has 0 spiro atoms. The van der Waals surface area contributed by atoms with Crippen LogP contribution in [0.15, 0.2) is 36.8 Å². The predicted molar refractivity (Wildman–Crippen MR) is 92.4 cm³/mol. The van der Waals surface area contributed by atoms with Crippen molar-refractivity contribution in [3.8, 4) is 0 Å². The molecular weight excluding hydrogens is 322 g/mol. The number of rotatable bonds is 7. The summed E-state index contributed by atoms with van der Waals surface area (Å²) in [5, 5.41) is 8.17. The van der Waals surface area contributed by atoms with Crippen molar-refractivity contribution in [1.29, 1.82) is 0 Å². The van der Waals surface area contributed by atoms with Gasteiger partial charge in [0.25, 0.3) is 0 Å². The van der Waals surface area contributed by atoms with Gasteiger partial charge in [-0.3, -0.25) is 4.79 Å². The molecule has 1 aromatic carbocycles. The highest BCUT2D eigenvalue weighted by molar-refractivity contribution is 5.88. The third-order valence-electron chi connectivity index (χ3n) is 3.63. The first-order chi connectivity index (χ1) is 12.2. The molecule has 0 amide bonds. The Morgan fingerprint density at radius 3 is 2.76 bits per heavy atom. The molecule has 0 atom stereocenters. The molecule has 0 radical (unpaired) electrons. The Bertz CT molecular complexity index is 860. The highest BCUT2D eigenvalue weighted by atomic mass is 16.5. The molecule has 3 rings (SSSR count). The number of methoxy groups -OCH3 is 1. The van der Waals surface area contributed by atoms with Crippen LogP contribution in [0.4, 0.5) is 11.5 Å². The van der Waals surface area contributed by atoms with E-state index in [2.05, 4.69) is 25.1 Å². The quantitative estimate of drug-likeness (QED) is 0.659. The second kappa shape index (κ2) is 7.71. The van der Waals surface area contributed by atoms with Gasteiger partial charge in [0.2, 0.25) is 0 Å². The monoisotopic (exact) mass is 341 g/mol. The Hall–Kier alpha value is -3.00. The van der Waals surface area contributed by atoms with Gasteiger partial charge in [-0.2, -0.15) is 5.10 Å². The van der Waals surface area contributed by atoms with E-state index in [1.54, 1.807) is 6.20 Å². The van der Waals surface area contributed by atoms with Gasteiger partial charge >= 0.3 is 5.97 Å². The second-order valence-electron chi connectivity index (χ2n) is 5.30. The molecule has 8 nitrogen and oxygen atoms in total. The van der Waals surface area contributed by atoms with E-state index in [4.69, 9.17) is 4.74 Å². The lowest BCUT2D eigenvalue weighted by molar-refractivity contribution is -0.141. The van der Waals surface area contributed by atoms with Crippen LogP contribution >= 0.6 is 0 Å². The fraction of sp³-hybridized carbons (Fsp3) is 0.294. The van der Waals surface area contributed by atoms with Gasteiger partial charge in [0.15, 0.2) is 5.65 Å². The van der Waals surface area contributed by atoms with Gasteiger partial charge in [-0.25, -0.2) is 14.6 Å². The van der Waals surface area contributed by atoms with E-state index >= 15 is 0 Å². The van der Waals surface area contributed by atoms with Crippen LogP contribution < -0.4 is 5.32 Å². The number of ether oxygens (including phenoxy) is 2. The molecule has 3 aromatic rings. The first kappa shape index (κ1) is 16.8. The average Bonchev–Trinajstić information content (AvgIpc) is 3.05. The summed E-state index contributed by atoms with van der Waals surface area (Å²) in [6, 6.07) is 7.91. The van der Waals surface area contributed by atoms with Crippen molar-refractivity contribution in [2.24, 2.45) is 0 Å². The number of nitrogens with one attached hydrogen (secondary N) is 1. The zero-order valence-electron chi connectivity index (χ0n) is 14.1. The first-order valence-electron chi connectivity index (χ1n) is 7.88. The van der Waals surface area contributed by atoms with Gasteiger partial charge in [0.05, 0.1) is 25.3 Å². The topological polar surface area (TPSA) is 91.2 Å². The van der Waals surface area contributed by atoms with Gasteiger partial charge < -0.3 is 14.8 Å². The lowest BCUT2D eigenvalue weighted by atomic mass is 10.2. The van der Waals surface area contributed by atoms with Crippen LogP contribution in [-0.2, 0) is 27.4 Å². The molecule has 0 saturated carbocycles. The van der Waals surface area contributed by atoms with Crippen molar-refractivity contribution in [3.63, 3.8) is 0 Å². The standard InChI is InChI=1S/C17H19N5O3/c1-3-25-10-12-4-6-13(7-5-12)21-16-14-8-20-22(9-15(23)24-2)17(14)19-11-18-16/h4-8,11H,3,9-10H2,1-2H3,(H,18,19,21). The maximum absolute atomic E-state index is 11.5. The minimum atomic E-state index is -0.386. The maximum atomic E-state index is 11.5. The fourth-order valence-electron chi connectivity index (χ4n) is 2.34. The molecule has 0 unspecified atom stereocenters. The van der Waals surface area contributed by atoms with Crippen LogP contribution in [0.2, 0.25) is 0 Å². The van der Waals surface area contributed by atoms with E-state index in [1.807, 2.05) is 31.2 Å². The second-order valence-corrected chi connectivity index (χ2v) is 5.30. The molecule has 130 valence electrons. The third kappa shape index (κ3) is 3.92. The van der Waals surface area contributed by atoms with Crippen LogP contribution in [0.1, 0.15) is 12.5 Å². The number of benzene rings is 1. The number of carbonyl (C=O) groups is 1. The molecular formula is C17H19N5O3. The number of nitrogens with zero attached hydrogens (tertiary/aromatic N) is 4. The normalized spacial score (nSPS) is 10.8. The van der Waals surface area contributed by atoms with Gasteiger partial charge in [-0.05, 0) is 24.6 Å². The molecule has 0 saturated heterocycles. The lowest BCUT2D eigenvalue weighted by Crippen LogP contribution is -2.13. The smallest absolute Gasteiger partial charge is 0.327 e. The zero-order valence-corrected chi connectivity index (χ0v) is 14.1. The number of hydrogen-bond donors (Lipinski definition) is 1. The Morgan fingerprint density at radius 1 is 1.24 bits per heavy atom. The summed E-state index contributed by atoms with van der Waals surface area (Å²) >= 11 is 0. The summed E-state index contributed by atoms with van der Waals surface area (Å²) < 4.78 is 11.5. The molecule has 0 aliphatic heterocycles. The van der Waals surface area contributed by atoms with Crippen molar-refractivity contribution in [2.75, 3.05) is 19.0 Å². The van der Waals surface area contributed by atoms with E-state index in [-0.39, 0.29) is 12.5 Å². The Balaban J connectivity index is 1.80.